The molecule has 2 aromatic rings. The highest BCUT2D eigenvalue weighted by molar-refractivity contribution is 7.92. The normalized spacial score (nSPS) is 11.4. The summed E-state index contributed by atoms with van der Waals surface area (Å²) >= 11 is 11.7. The van der Waals surface area contributed by atoms with E-state index < -0.39 is 10.0 Å². The minimum Gasteiger partial charge on any atom is -0.398 e. The zero-order valence-corrected chi connectivity index (χ0v) is 13.5. The van der Waals surface area contributed by atoms with E-state index in [0.717, 1.165) is 6.33 Å². The number of benzene rings is 1. The standard InChI is InChI=1S/C12H12Cl2N4O2S/c1-6-3-4-8(15)7(2)10(6)21(19,20)18-9-11(13)16-5-17-12(9)14/h3-5,18H,15H2,1-2H3. The number of nitrogens with zero attached hydrogens (tertiary/aromatic N) is 2. The Morgan fingerprint density at radius 3 is 2.29 bits per heavy atom. The average molecular weight is 347 g/mol. The lowest BCUT2D eigenvalue weighted by Crippen LogP contribution is -2.17. The van der Waals surface area contributed by atoms with E-state index in [0.29, 0.717) is 16.8 Å². The van der Waals surface area contributed by atoms with Gasteiger partial charge < -0.3 is 5.73 Å². The van der Waals surface area contributed by atoms with Crippen LogP contribution in [0.3, 0.4) is 0 Å². The number of halogens is 2. The molecule has 6 nitrogen and oxygen atoms in total. The number of nitrogens with two attached hydrogens (primary N) is 1. The molecule has 0 saturated carbocycles. The second-order valence-corrected chi connectivity index (χ2v) is 6.70. The third kappa shape index (κ3) is 3.04. The van der Waals surface area contributed by atoms with Crippen LogP contribution in [0.15, 0.2) is 23.4 Å². The zero-order chi connectivity index (χ0) is 15.8. The van der Waals surface area contributed by atoms with Crippen LogP contribution >= 0.6 is 23.2 Å². The van der Waals surface area contributed by atoms with Crippen molar-refractivity contribution in [2.75, 3.05) is 10.5 Å². The van der Waals surface area contributed by atoms with E-state index in [1.807, 2.05) is 0 Å². The third-order valence-corrected chi connectivity index (χ3v) is 5.12. The lowest BCUT2D eigenvalue weighted by molar-refractivity contribution is 0.600. The Labute approximate surface area is 132 Å². The van der Waals surface area contributed by atoms with Gasteiger partial charge in [0.2, 0.25) is 0 Å². The molecule has 2 rings (SSSR count). The van der Waals surface area contributed by atoms with Crippen LogP contribution in [0.2, 0.25) is 10.3 Å². The molecule has 1 aromatic carbocycles. The van der Waals surface area contributed by atoms with Gasteiger partial charge in [0, 0.05) is 5.69 Å². The average Bonchev–Trinajstić information content (AvgIpc) is 2.39. The number of hydrogen-bond acceptors (Lipinski definition) is 5. The molecule has 112 valence electrons. The second kappa shape index (κ2) is 5.67. The summed E-state index contributed by atoms with van der Waals surface area (Å²) in [7, 11) is -3.92. The largest absolute Gasteiger partial charge is 0.398 e. The van der Waals surface area contributed by atoms with Crippen molar-refractivity contribution in [1.29, 1.82) is 0 Å². The fourth-order valence-corrected chi connectivity index (χ4v) is 3.97. The first-order valence-corrected chi connectivity index (χ1v) is 8.02. The zero-order valence-electron chi connectivity index (χ0n) is 11.2. The van der Waals surface area contributed by atoms with Crippen LogP contribution in [0.4, 0.5) is 11.4 Å². The van der Waals surface area contributed by atoms with Crippen molar-refractivity contribution in [2.45, 2.75) is 18.7 Å². The number of nitrogens with one attached hydrogen (secondary N) is 1. The quantitative estimate of drug-likeness (QED) is 0.657. The highest BCUT2D eigenvalue weighted by Crippen LogP contribution is 2.31. The molecule has 0 atom stereocenters. The predicted molar refractivity (Wildman–Crippen MR) is 83.2 cm³/mol. The van der Waals surface area contributed by atoms with E-state index in [-0.39, 0.29) is 20.9 Å². The Morgan fingerprint density at radius 1 is 1.14 bits per heavy atom. The van der Waals surface area contributed by atoms with E-state index >= 15 is 0 Å². The van der Waals surface area contributed by atoms with Crippen molar-refractivity contribution < 1.29 is 8.42 Å². The van der Waals surface area contributed by atoms with Gasteiger partial charge in [-0.05, 0) is 31.0 Å². The number of aryl methyl sites for hydroxylation is 1. The monoisotopic (exact) mass is 346 g/mol. The molecular weight excluding hydrogens is 335 g/mol. The Bertz CT molecular complexity index is 789. The van der Waals surface area contributed by atoms with Gasteiger partial charge in [-0.2, -0.15) is 0 Å². The van der Waals surface area contributed by atoms with Crippen molar-refractivity contribution in [3.8, 4) is 0 Å². The molecular formula is C12H12Cl2N4O2S. The number of aromatic nitrogens is 2. The first-order valence-electron chi connectivity index (χ1n) is 5.78. The molecule has 3 N–H and O–H groups in total. The maximum absolute atomic E-state index is 12.6. The van der Waals surface area contributed by atoms with Crippen molar-refractivity contribution in [2.24, 2.45) is 0 Å². The summed E-state index contributed by atoms with van der Waals surface area (Å²) in [6.45, 7) is 3.30. The first-order chi connectivity index (χ1) is 9.74. The van der Waals surface area contributed by atoms with Crippen molar-refractivity contribution in [3.63, 3.8) is 0 Å². The van der Waals surface area contributed by atoms with Gasteiger partial charge in [-0.25, -0.2) is 18.4 Å². The SMILES string of the molecule is Cc1ccc(N)c(C)c1S(=O)(=O)Nc1c(Cl)ncnc1Cl. The Kier molecular flexibility index (Phi) is 4.27. The molecule has 0 spiro atoms. The highest BCUT2D eigenvalue weighted by atomic mass is 35.5. The number of nitrogen functional groups attached to an aromatic ring is 1. The number of anilines is 2. The van der Waals surface area contributed by atoms with Gasteiger partial charge >= 0.3 is 0 Å². The van der Waals surface area contributed by atoms with Crippen molar-refractivity contribution in [3.05, 3.63) is 39.9 Å². The van der Waals surface area contributed by atoms with Crippen molar-refractivity contribution in [1.82, 2.24) is 9.97 Å². The van der Waals surface area contributed by atoms with Gasteiger partial charge in [-0.3, -0.25) is 4.72 Å². The Balaban J connectivity index is 2.57. The maximum Gasteiger partial charge on any atom is 0.262 e. The van der Waals surface area contributed by atoms with Gasteiger partial charge in [0.1, 0.15) is 12.0 Å². The van der Waals surface area contributed by atoms with Crippen LogP contribution in [0.1, 0.15) is 11.1 Å². The molecule has 0 saturated heterocycles. The molecule has 21 heavy (non-hydrogen) atoms. The topological polar surface area (TPSA) is 98.0 Å². The van der Waals surface area contributed by atoms with Crippen LogP contribution in [0.25, 0.3) is 0 Å². The lowest BCUT2D eigenvalue weighted by atomic mass is 10.1. The maximum atomic E-state index is 12.6. The highest BCUT2D eigenvalue weighted by Gasteiger charge is 2.23. The van der Waals surface area contributed by atoms with Crippen LogP contribution in [-0.2, 0) is 10.0 Å². The summed E-state index contributed by atoms with van der Waals surface area (Å²) < 4.78 is 27.4. The van der Waals surface area contributed by atoms with E-state index in [1.54, 1.807) is 26.0 Å². The minimum absolute atomic E-state index is 0.0675. The van der Waals surface area contributed by atoms with Crippen molar-refractivity contribution >= 4 is 44.6 Å². The summed E-state index contributed by atoms with van der Waals surface area (Å²) in [4.78, 5) is 7.48. The van der Waals surface area contributed by atoms with Gasteiger partial charge in [0.25, 0.3) is 10.0 Å². The van der Waals surface area contributed by atoms with Gasteiger partial charge in [-0.15, -0.1) is 0 Å². The summed E-state index contributed by atoms with van der Waals surface area (Å²) in [5.41, 5.74) is 7.08. The van der Waals surface area contributed by atoms with Crippen LogP contribution in [-0.4, -0.2) is 18.4 Å². The van der Waals surface area contributed by atoms with E-state index in [9.17, 15) is 8.42 Å². The van der Waals surface area contributed by atoms with E-state index in [4.69, 9.17) is 28.9 Å². The molecule has 0 aliphatic carbocycles. The molecule has 9 heteroatoms. The minimum atomic E-state index is -3.92. The molecule has 0 aliphatic heterocycles. The molecule has 1 aromatic heterocycles. The molecule has 0 fully saturated rings. The van der Waals surface area contributed by atoms with Crippen LogP contribution in [0, 0.1) is 13.8 Å². The van der Waals surface area contributed by atoms with Gasteiger partial charge in [0.15, 0.2) is 10.3 Å². The molecule has 0 radical (unpaired) electrons. The van der Waals surface area contributed by atoms with Crippen LogP contribution < -0.4 is 10.5 Å². The third-order valence-electron chi connectivity index (χ3n) is 2.90. The molecule has 0 amide bonds. The Hall–Kier alpha value is -1.57. The molecule has 1 heterocycles. The molecule has 0 aliphatic rings. The summed E-state index contributed by atoms with van der Waals surface area (Å²) in [5, 5.41) is -0.171. The van der Waals surface area contributed by atoms with E-state index in [1.165, 1.54) is 0 Å². The summed E-state index contributed by atoms with van der Waals surface area (Å²) in [6.07, 6.45) is 1.14. The number of hydrogen-bond donors (Lipinski definition) is 2. The fourth-order valence-electron chi connectivity index (χ4n) is 1.87. The fraction of sp³-hybridized carbons (Fsp3) is 0.167. The summed E-state index contributed by atoms with van der Waals surface area (Å²) in [5.74, 6) is 0. The molecule has 0 bridgehead atoms. The number of sulfonamides is 1. The van der Waals surface area contributed by atoms with Gasteiger partial charge in [0.05, 0.1) is 4.90 Å². The predicted octanol–water partition coefficient (Wildman–Crippen LogP) is 2.78. The first kappa shape index (κ1) is 15.8. The summed E-state index contributed by atoms with van der Waals surface area (Å²) in [6, 6.07) is 3.27. The number of rotatable bonds is 3. The Morgan fingerprint density at radius 2 is 1.71 bits per heavy atom. The van der Waals surface area contributed by atoms with Crippen LogP contribution in [0.5, 0.6) is 0 Å². The molecule has 0 unspecified atom stereocenters. The van der Waals surface area contributed by atoms with E-state index in [2.05, 4.69) is 14.7 Å². The van der Waals surface area contributed by atoms with Gasteiger partial charge in [-0.1, -0.05) is 29.3 Å². The smallest absolute Gasteiger partial charge is 0.262 e. The second-order valence-electron chi connectivity index (χ2n) is 4.36. The lowest BCUT2D eigenvalue weighted by Gasteiger charge is -2.15.